The third kappa shape index (κ3) is 2.95. The number of carbonyl (C=O) groups excluding carboxylic acids is 2. The maximum absolute atomic E-state index is 12.1. The van der Waals surface area contributed by atoms with Gasteiger partial charge in [-0.15, -0.1) is 11.3 Å². The molecule has 2 aromatic rings. The number of aryl methyl sites for hydroxylation is 1. The van der Waals surface area contributed by atoms with E-state index in [1.54, 1.807) is 13.0 Å². The molecule has 0 spiro atoms. The number of methoxy groups -OCH3 is 2. The molecule has 2 N–H and O–H groups in total. The van der Waals surface area contributed by atoms with Gasteiger partial charge in [-0.1, -0.05) is 0 Å². The number of fused-ring (bicyclic) bond motifs is 1. The van der Waals surface area contributed by atoms with Crippen molar-refractivity contribution in [3.05, 3.63) is 16.5 Å². The van der Waals surface area contributed by atoms with Crippen molar-refractivity contribution in [2.75, 3.05) is 25.7 Å². The predicted molar refractivity (Wildman–Crippen MR) is 83.4 cm³/mol. The molecule has 0 aliphatic heterocycles. The van der Waals surface area contributed by atoms with Crippen molar-refractivity contribution in [1.82, 2.24) is 4.98 Å². The number of hydrogen-bond acceptors (Lipinski definition) is 8. The molecule has 2 aromatic heterocycles. The van der Waals surface area contributed by atoms with Gasteiger partial charge in [-0.3, -0.25) is 9.00 Å². The lowest BCUT2D eigenvalue weighted by atomic mass is 10.2. The number of nitrogens with zero attached hydrogens (tertiary/aromatic N) is 1. The highest BCUT2D eigenvalue weighted by molar-refractivity contribution is 7.85. The van der Waals surface area contributed by atoms with Gasteiger partial charge in [0.15, 0.2) is 0 Å². The van der Waals surface area contributed by atoms with Crippen molar-refractivity contribution >= 4 is 50.0 Å². The molecule has 1 unspecified atom stereocenters. The van der Waals surface area contributed by atoms with Gasteiger partial charge < -0.3 is 15.2 Å². The number of rotatable bonds is 4. The molecule has 0 aliphatic rings. The van der Waals surface area contributed by atoms with Gasteiger partial charge in [0.25, 0.3) is 0 Å². The van der Waals surface area contributed by atoms with Gasteiger partial charge in [0, 0.05) is 5.39 Å². The minimum Gasteiger partial charge on any atom is -0.468 e. The van der Waals surface area contributed by atoms with Crippen LogP contribution in [0.3, 0.4) is 0 Å². The fourth-order valence-electron chi connectivity index (χ4n) is 1.88. The molecule has 0 bridgehead atoms. The molecular formula is C13H14N2O5S2. The van der Waals surface area contributed by atoms with Gasteiger partial charge >= 0.3 is 11.9 Å². The summed E-state index contributed by atoms with van der Waals surface area (Å²) in [6.07, 6.45) is 0. The van der Waals surface area contributed by atoms with Crippen molar-refractivity contribution < 1.29 is 23.3 Å². The zero-order valence-electron chi connectivity index (χ0n) is 12.2. The monoisotopic (exact) mass is 342 g/mol. The highest BCUT2D eigenvalue weighted by Crippen LogP contribution is 2.35. The third-order valence-electron chi connectivity index (χ3n) is 2.95. The Morgan fingerprint density at radius 1 is 1.36 bits per heavy atom. The van der Waals surface area contributed by atoms with E-state index in [9.17, 15) is 13.8 Å². The number of carbonyl (C=O) groups is 2. The second-order valence-electron chi connectivity index (χ2n) is 4.36. The average Bonchev–Trinajstić information content (AvgIpc) is 2.83. The minimum atomic E-state index is -1.63. The fourth-order valence-corrected chi connectivity index (χ4v) is 4.01. The normalized spacial score (nSPS) is 12.1. The summed E-state index contributed by atoms with van der Waals surface area (Å²) in [5.74, 6) is -1.41. The number of pyridine rings is 1. The molecule has 0 saturated carbocycles. The van der Waals surface area contributed by atoms with Crippen LogP contribution in [0, 0.1) is 6.92 Å². The SMILES string of the molecule is COC(=O)CS(=O)c1cc(C)c2c(N)c(C(=O)OC)sc2n1. The number of nitrogen functional groups attached to an aromatic ring is 1. The first-order chi connectivity index (χ1) is 10.4. The molecule has 0 aromatic carbocycles. The largest absolute Gasteiger partial charge is 0.468 e. The molecule has 22 heavy (non-hydrogen) atoms. The molecule has 0 amide bonds. The van der Waals surface area contributed by atoms with Crippen LogP contribution in [0.5, 0.6) is 0 Å². The molecule has 9 heteroatoms. The lowest BCUT2D eigenvalue weighted by Crippen LogP contribution is -2.13. The van der Waals surface area contributed by atoms with Crippen molar-refractivity contribution in [1.29, 1.82) is 0 Å². The Hall–Kier alpha value is -2.00. The van der Waals surface area contributed by atoms with Crippen LogP contribution in [-0.2, 0) is 25.1 Å². The van der Waals surface area contributed by atoms with Gasteiger partial charge in [-0.05, 0) is 18.6 Å². The summed E-state index contributed by atoms with van der Waals surface area (Å²) in [6.45, 7) is 1.77. The summed E-state index contributed by atoms with van der Waals surface area (Å²) >= 11 is 1.07. The van der Waals surface area contributed by atoms with E-state index in [1.807, 2.05) is 0 Å². The zero-order valence-corrected chi connectivity index (χ0v) is 13.8. The Kier molecular flexibility index (Phi) is 4.77. The van der Waals surface area contributed by atoms with E-state index in [2.05, 4.69) is 14.5 Å². The van der Waals surface area contributed by atoms with Crippen LogP contribution in [0.25, 0.3) is 10.2 Å². The van der Waals surface area contributed by atoms with Crippen LogP contribution in [0.15, 0.2) is 11.1 Å². The van der Waals surface area contributed by atoms with Gasteiger partial charge in [0.1, 0.15) is 20.5 Å². The first-order valence-corrected chi connectivity index (χ1v) is 8.25. The molecule has 0 aliphatic carbocycles. The minimum absolute atomic E-state index is 0.244. The zero-order chi connectivity index (χ0) is 16.4. The molecule has 7 nitrogen and oxygen atoms in total. The van der Waals surface area contributed by atoms with Crippen LogP contribution >= 0.6 is 11.3 Å². The number of anilines is 1. The topological polar surface area (TPSA) is 109 Å². The summed E-state index contributed by atoms with van der Waals surface area (Å²) in [6, 6.07) is 1.59. The van der Waals surface area contributed by atoms with E-state index >= 15 is 0 Å². The maximum Gasteiger partial charge on any atom is 0.350 e. The van der Waals surface area contributed by atoms with Gasteiger partial charge in [-0.2, -0.15) is 0 Å². The summed E-state index contributed by atoms with van der Waals surface area (Å²) in [5.41, 5.74) is 6.98. The number of esters is 2. The van der Waals surface area contributed by atoms with Crippen molar-refractivity contribution in [3.63, 3.8) is 0 Å². The van der Waals surface area contributed by atoms with Crippen molar-refractivity contribution in [3.8, 4) is 0 Å². The molecule has 0 saturated heterocycles. The van der Waals surface area contributed by atoms with E-state index in [0.29, 0.717) is 15.9 Å². The van der Waals surface area contributed by atoms with Gasteiger partial charge in [0.2, 0.25) is 0 Å². The molecule has 2 rings (SSSR count). The lowest BCUT2D eigenvalue weighted by molar-refractivity contribution is -0.137. The smallest absolute Gasteiger partial charge is 0.350 e. The Labute approximate surface area is 132 Å². The summed E-state index contributed by atoms with van der Waals surface area (Å²) < 4.78 is 21.3. The van der Waals surface area contributed by atoms with Crippen molar-refractivity contribution in [2.45, 2.75) is 11.9 Å². The molecular weight excluding hydrogens is 328 g/mol. The molecule has 1 atom stereocenters. The Morgan fingerprint density at radius 3 is 2.64 bits per heavy atom. The first kappa shape index (κ1) is 16.4. The van der Waals surface area contributed by atoms with Gasteiger partial charge in [-0.25, -0.2) is 9.78 Å². The Morgan fingerprint density at radius 2 is 2.05 bits per heavy atom. The van der Waals surface area contributed by atoms with Crippen LogP contribution in [0.4, 0.5) is 5.69 Å². The first-order valence-electron chi connectivity index (χ1n) is 6.12. The van der Waals surface area contributed by atoms with Crippen molar-refractivity contribution in [2.24, 2.45) is 0 Å². The standard InChI is InChI=1S/C13H14N2O5S2/c1-6-4-7(22(18)5-8(16)19-2)15-12-9(6)10(14)11(21-12)13(17)20-3/h4H,5,14H2,1-3H3. The van der Waals surface area contributed by atoms with Crippen LogP contribution in [0.1, 0.15) is 15.2 Å². The van der Waals surface area contributed by atoms with E-state index in [0.717, 1.165) is 16.9 Å². The fraction of sp³-hybridized carbons (Fsp3) is 0.308. The lowest BCUT2D eigenvalue weighted by Gasteiger charge is -2.04. The number of aromatic nitrogens is 1. The van der Waals surface area contributed by atoms with Crippen LogP contribution in [0.2, 0.25) is 0 Å². The second kappa shape index (κ2) is 6.41. The summed E-state index contributed by atoms with van der Waals surface area (Å²) in [5, 5.41) is 0.872. The molecule has 2 heterocycles. The second-order valence-corrected chi connectivity index (χ2v) is 6.76. The summed E-state index contributed by atoms with van der Waals surface area (Å²) in [4.78, 5) is 27.9. The molecule has 0 fully saturated rings. The van der Waals surface area contributed by atoms with Crippen LogP contribution < -0.4 is 5.73 Å². The summed E-state index contributed by atoms with van der Waals surface area (Å²) in [7, 11) is 0.868. The molecule has 118 valence electrons. The highest BCUT2D eigenvalue weighted by atomic mass is 32.2. The third-order valence-corrected chi connectivity index (χ3v) is 5.21. The quantitative estimate of drug-likeness (QED) is 0.833. The number of ether oxygens (including phenoxy) is 2. The predicted octanol–water partition coefficient (Wildman–Crippen LogP) is 1.25. The van der Waals surface area contributed by atoms with Crippen LogP contribution in [-0.4, -0.2) is 41.1 Å². The number of nitrogens with two attached hydrogens (primary N) is 1. The van der Waals surface area contributed by atoms with E-state index in [-0.39, 0.29) is 15.7 Å². The van der Waals surface area contributed by atoms with Gasteiger partial charge in [0.05, 0.1) is 30.7 Å². The van der Waals surface area contributed by atoms with E-state index in [4.69, 9.17) is 5.73 Å². The molecule has 0 radical (unpaired) electrons. The Bertz CT molecular complexity index is 784. The maximum atomic E-state index is 12.1. The number of hydrogen-bond donors (Lipinski definition) is 1. The highest BCUT2D eigenvalue weighted by Gasteiger charge is 2.21. The van der Waals surface area contributed by atoms with E-state index < -0.39 is 22.7 Å². The van der Waals surface area contributed by atoms with E-state index in [1.165, 1.54) is 14.2 Å². The number of thiophene rings is 1. The average molecular weight is 342 g/mol. The Balaban J connectivity index is 2.51.